The predicted molar refractivity (Wildman–Crippen MR) is 126 cm³/mol. The lowest BCUT2D eigenvalue weighted by Gasteiger charge is -2.36. The Balaban J connectivity index is 1.31. The zero-order valence-electron chi connectivity index (χ0n) is 18.7. The van der Waals surface area contributed by atoms with Gasteiger partial charge in [0.05, 0.1) is 0 Å². The van der Waals surface area contributed by atoms with Crippen molar-refractivity contribution in [3.8, 4) is 0 Å². The monoisotopic (exact) mass is 421 g/mol. The summed E-state index contributed by atoms with van der Waals surface area (Å²) in [5, 5.41) is 12.3. The Kier molecular flexibility index (Phi) is 7.71. The molecule has 3 heterocycles. The lowest BCUT2D eigenvalue weighted by molar-refractivity contribution is 0.194. The minimum atomic E-state index is 0.593. The quantitative estimate of drug-likeness (QED) is 0.574. The van der Waals surface area contributed by atoms with Gasteiger partial charge in [-0.3, -0.25) is 4.90 Å². The number of hydrogen-bond donors (Lipinski definition) is 1. The minimum Gasteiger partial charge on any atom is -0.357 e. The average molecular weight is 422 g/mol. The van der Waals surface area contributed by atoms with Crippen LogP contribution in [0, 0.1) is 0 Å². The Morgan fingerprint density at radius 3 is 2.68 bits per heavy atom. The van der Waals surface area contributed by atoms with Gasteiger partial charge in [0, 0.05) is 52.2 Å². The summed E-state index contributed by atoms with van der Waals surface area (Å²) in [6.45, 7) is 9.68. The van der Waals surface area contributed by atoms with E-state index in [0.29, 0.717) is 6.54 Å². The van der Waals surface area contributed by atoms with Crippen molar-refractivity contribution < 1.29 is 0 Å². The summed E-state index contributed by atoms with van der Waals surface area (Å²) in [6.07, 6.45) is 9.22. The maximum Gasteiger partial charge on any atom is 0.194 e. The highest BCUT2D eigenvalue weighted by Gasteiger charge is 2.20. The second kappa shape index (κ2) is 11.1. The number of nitrogens with zero attached hydrogens (tertiary/aromatic N) is 6. The zero-order chi connectivity index (χ0) is 21.3. The number of fused-ring (bicyclic) bond motifs is 1. The highest BCUT2D eigenvalue weighted by Crippen LogP contribution is 2.15. The van der Waals surface area contributed by atoms with Crippen LogP contribution in [0.3, 0.4) is 0 Å². The van der Waals surface area contributed by atoms with Gasteiger partial charge in [-0.2, -0.15) is 0 Å². The number of aryl methyl sites for hydroxylation is 1. The number of benzene rings is 1. The van der Waals surface area contributed by atoms with Crippen LogP contribution >= 0.6 is 0 Å². The first-order chi connectivity index (χ1) is 15.3. The van der Waals surface area contributed by atoms with E-state index >= 15 is 0 Å². The highest BCUT2D eigenvalue weighted by molar-refractivity contribution is 5.80. The van der Waals surface area contributed by atoms with Crippen LogP contribution < -0.4 is 5.32 Å². The molecule has 2 aliphatic rings. The van der Waals surface area contributed by atoms with Crippen LogP contribution in [-0.4, -0.2) is 69.8 Å². The van der Waals surface area contributed by atoms with Crippen molar-refractivity contribution >= 4 is 12.0 Å². The molecule has 2 aromatic rings. The molecule has 0 unspecified atom stereocenters. The zero-order valence-corrected chi connectivity index (χ0v) is 18.7. The number of guanidine groups is 1. The average Bonchev–Trinajstić information content (AvgIpc) is 3.03. The second-order valence-corrected chi connectivity index (χ2v) is 8.27. The number of aromatic nitrogens is 3. The normalized spacial score (nSPS) is 18.2. The molecule has 0 aliphatic carbocycles. The fourth-order valence-electron chi connectivity index (χ4n) is 4.28. The van der Waals surface area contributed by atoms with Gasteiger partial charge < -0.3 is 14.8 Å². The second-order valence-electron chi connectivity index (χ2n) is 8.27. The Hall–Kier alpha value is -2.67. The van der Waals surface area contributed by atoms with Crippen molar-refractivity contribution in [2.75, 3.05) is 39.3 Å². The number of nitrogens with one attached hydrogen (secondary N) is 1. The Morgan fingerprint density at radius 1 is 1.03 bits per heavy atom. The first-order valence-electron chi connectivity index (χ1n) is 11.7. The molecule has 1 N–H and O–H groups in total. The van der Waals surface area contributed by atoms with E-state index in [1.165, 1.54) is 24.8 Å². The van der Waals surface area contributed by atoms with Gasteiger partial charge in [-0.05, 0) is 25.3 Å². The first kappa shape index (κ1) is 21.6. The lowest BCUT2D eigenvalue weighted by atomic mass is 10.2. The molecule has 166 valence electrons. The molecule has 0 atom stereocenters. The van der Waals surface area contributed by atoms with Crippen molar-refractivity contribution in [2.24, 2.45) is 4.99 Å². The third-order valence-corrected chi connectivity index (χ3v) is 6.04. The van der Waals surface area contributed by atoms with E-state index in [9.17, 15) is 0 Å². The summed E-state index contributed by atoms with van der Waals surface area (Å²) in [7, 11) is 0. The van der Waals surface area contributed by atoms with E-state index in [1.54, 1.807) is 0 Å². The van der Waals surface area contributed by atoms with E-state index in [4.69, 9.17) is 4.99 Å². The molecule has 0 radical (unpaired) electrons. The van der Waals surface area contributed by atoms with Crippen molar-refractivity contribution in [2.45, 2.75) is 45.7 Å². The summed E-state index contributed by atoms with van der Waals surface area (Å²) in [6, 6.07) is 10.5. The maximum absolute atomic E-state index is 4.92. The molecule has 7 nitrogen and oxygen atoms in total. The third-order valence-electron chi connectivity index (χ3n) is 6.04. The van der Waals surface area contributed by atoms with Crippen LogP contribution in [-0.2, 0) is 19.5 Å². The Bertz CT molecular complexity index is 863. The molecule has 4 rings (SSSR count). The van der Waals surface area contributed by atoms with Crippen LogP contribution in [0.4, 0.5) is 0 Å². The molecule has 31 heavy (non-hydrogen) atoms. The van der Waals surface area contributed by atoms with Crippen LogP contribution in [0.2, 0.25) is 0 Å². The summed E-state index contributed by atoms with van der Waals surface area (Å²) in [5.74, 6) is 3.12. The lowest BCUT2D eigenvalue weighted by Crippen LogP contribution is -2.52. The molecule has 7 heteroatoms. The maximum atomic E-state index is 4.92. The third kappa shape index (κ3) is 5.94. The molecule has 1 aromatic carbocycles. The predicted octanol–water partition coefficient (Wildman–Crippen LogP) is 2.80. The highest BCUT2D eigenvalue weighted by atomic mass is 15.4. The van der Waals surface area contributed by atoms with Gasteiger partial charge in [0.25, 0.3) is 0 Å². The number of hydrogen-bond acceptors (Lipinski definition) is 4. The molecule has 1 fully saturated rings. The van der Waals surface area contributed by atoms with Gasteiger partial charge in [-0.25, -0.2) is 4.99 Å². The van der Waals surface area contributed by atoms with Gasteiger partial charge in [0.2, 0.25) is 0 Å². The van der Waals surface area contributed by atoms with Gasteiger partial charge in [-0.15, -0.1) is 10.2 Å². The Morgan fingerprint density at radius 2 is 1.87 bits per heavy atom. The SMILES string of the molecule is CCNC(=NCc1nnc2n1CCCCC2)N1CCN(C/C=C/c2ccccc2)CC1. The van der Waals surface area contributed by atoms with Crippen LogP contribution in [0.25, 0.3) is 6.08 Å². The standard InChI is InChI=1S/C24H35N7/c1-2-25-24(26-20-23-28-27-22-13-7-4-8-15-31(22)23)30-18-16-29(17-19-30)14-9-12-21-10-5-3-6-11-21/h3,5-6,9-12H,2,4,7-8,13-20H2,1H3,(H,25,26)/b12-9+. The number of aliphatic imine (C=N–C) groups is 1. The van der Waals surface area contributed by atoms with Crippen LogP contribution in [0.1, 0.15) is 43.4 Å². The molecule has 0 bridgehead atoms. The smallest absolute Gasteiger partial charge is 0.194 e. The van der Waals surface area contributed by atoms with Crippen molar-refractivity contribution in [3.05, 3.63) is 53.6 Å². The summed E-state index contributed by atoms with van der Waals surface area (Å²) >= 11 is 0. The van der Waals surface area contributed by atoms with E-state index in [0.717, 1.165) is 69.8 Å². The molecule has 0 saturated carbocycles. The molecule has 0 spiro atoms. The molecule has 2 aliphatic heterocycles. The van der Waals surface area contributed by atoms with Crippen LogP contribution in [0.5, 0.6) is 0 Å². The molecular weight excluding hydrogens is 386 g/mol. The fraction of sp³-hybridized carbons (Fsp3) is 0.542. The summed E-state index contributed by atoms with van der Waals surface area (Å²) < 4.78 is 2.29. The molecule has 0 amide bonds. The number of rotatable bonds is 6. The molecule has 1 saturated heterocycles. The topological polar surface area (TPSA) is 61.6 Å². The number of piperazine rings is 1. The van der Waals surface area contributed by atoms with E-state index in [2.05, 4.69) is 79.3 Å². The van der Waals surface area contributed by atoms with Crippen molar-refractivity contribution in [3.63, 3.8) is 0 Å². The summed E-state index contributed by atoms with van der Waals surface area (Å²) in [5.41, 5.74) is 1.26. The molecule has 1 aromatic heterocycles. The van der Waals surface area contributed by atoms with Crippen LogP contribution in [0.15, 0.2) is 41.4 Å². The Labute approximate surface area is 185 Å². The van der Waals surface area contributed by atoms with E-state index < -0.39 is 0 Å². The van der Waals surface area contributed by atoms with Gasteiger partial charge in [-0.1, -0.05) is 48.9 Å². The van der Waals surface area contributed by atoms with Crippen molar-refractivity contribution in [1.29, 1.82) is 0 Å². The van der Waals surface area contributed by atoms with E-state index in [1.807, 2.05) is 0 Å². The summed E-state index contributed by atoms with van der Waals surface area (Å²) in [4.78, 5) is 9.79. The van der Waals surface area contributed by atoms with E-state index in [-0.39, 0.29) is 0 Å². The minimum absolute atomic E-state index is 0.593. The van der Waals surface area contributed by atoms with Gasteiger partial charge >= 0.3 is 0 Å². The fourth-order valence-corrected chi connectivity index (χ4v) is 4.28. The van der Waals surface area contributed by atoms with Gasteiger partial charge in [0.1, 0.15) is 12.4 Å². The van der Waals surface area contributed by atoms with Gasteiger partial charge in [0.15, 0.2) is 11.8 Å². The van der Waals surface area contributed by atoms with Crippen molar-refractivity contribution in [1.82, 2.24) is 29.9 Å². The first-order valence-corrected chi connectivity index (χ1v) is 11.7. The molecular formula is C24H35N7. The largest absolute Gasteiger partial charge is 0.357 e.